The number of benzene rings is 2. The van der Waals surface area contributed by atoms with Gasteiger partial charge in [-0.1, -0.05) is 55.8 Å². The SMILES string of the molecule is CCc1cccc(CC)c1-n1c(C)c(C(=O)NCCCNC)cc(-c2nc(-c3ccc(Cl)cc3)cs2)c1=O. The minimum absolute atomic E-state index is 0.179. The molecule has 0 bridgehead atoms. The number of pyridine rings is 1. The van der Waals surface area contributed by atoms with Gasteiger partial charge in [-0.25, -0.2) is 4.98 Å². The molecule has 0 unspecified atom stereocenters. The van der Waals surface area contributed by atoms with E-state index in [1.54, 1.807) is 10.6 Å². The number of carbonyl (C=O) groups is 1. The van der Waals surface area contributed by atoms with Crippen LogP contribution in [0.15, 0.2) is 58.7 Å². The Morgan fingerprint density at radius 3 is 2.37 bits per heavy atom. The van der Waals surface area contributed by atoms with Gasteiger partial charge in [-0.3, -0.25) is 14.2 Å². The summed E-state index contributed by atoms with van der Waals surface area (Å²) in [5.74, 6) is -0.199. The van der Waals surface area contributed by atoms with Gasteiger partial charge in [-0.05, 0) is 69.1 Å². The van der Waals surface area contributed by atoms with Crippen LogP contribution < -0.4 is 16.2 Å². The third-order valence-corrected chi connectivity index (χ3v) is 7.77. The van der Waals surface area contributed by atoms with Crippen molar-refractivity contribution in [1.29, 1.82) is 0 Å². The molecule has 0 radical (unpaired) electrons. The van der Waals surface area contributed by atoms with E-state index < -0.39 is 0 Å². The predicted molar refractivity (Wildman–Crippen MR) is 158 cm³/mol. The lowest BCUT2D eigenvalue weighted by Gasteiger charge is -2.21. The molecule has 8 heteroatoms. The van der Waals surface area contributed by atoms with Crippen LogP contribution in [0.3, 0.4) is 0 Å². The molecule has 0 aliphatic heterocycles. The molecule has 0 spiro atoms. The average molecular weight is 549 g/mol. The quantitative estimate of drug-likeness (QED) is 0.236. The maximum atomic E-state index is 14.2. The van der Waals surface area contributed by atoms with Gasteiger partial charge >= 0.3 is 0 Å². The van der Waals surface area contributed by atoms with Crippen molar-refractivity contribution < 1.29 is 4.79 Å². The van der Waals surface area contributed by atoms with Gasteiger partial charge in [0.25, 0.3) is 11.5 Å². The number of carbonyl (C=O) groups excluding carboxylic acids is 1. The molecule has 0 atom stereocenters. The lowest BCUT2D eigenvalue weighted by atomic mass is 10.0. The van der Waals surface area contributed by atoms with E-state index in [1.807, 2.05) is 61.8 Å². The standard InChI is InChI=1S/C30H33ClN4O2S/c1-5-20-9-7-10-21(6-2)27(20)35-19(3)24(28(36)33-16-8-15-32-4)17-25(30(35)37)29-34-26(18-38-29)22-11-13-23(31)14-12-22/h7,9-14,17-18,32H,5-6,8,15-16H2,1-4H3,(H,33,36). The molecule has 0 aliphatic carbocycles. The summed E-state index contributed by atoms with van der Waals surface area (Å²) in [6.45, 7) is 7.35. The highest BCUT2D eigenvalue weighted by Crippen LogP contribution is 2.30. The Hall–Kier alpha value is -3.26. The fourth-order valence-corrected chi connectivity index (χ4v) is 5.53. The predicted octanol–water partition coefficient (Wildman–Crippen LogP) is 6.05. The molecule has 2 N–H and O–H groups in total. The molecule has 1 amide bonds. The first-order valence-corrected chi connectivity index (χ1v) is 14.2. The Morgan fingerprint density at radius 2 is 1.74 bits per heavy atom. The first-order chi connectivity index (χ1) is 18.4. The highest BCUT2D eigenvalue weighted by atomic mass is 35.5. The summed E-state index contributed by atoms with van der Waals surface area (Å²) in [4.78, 5) is 32.4. The molecule has 198 valence electrons. The smallest absolute Gasteiger partial charge is 0.265 e. The summed E-state index contributed by atoms with van der Waals surface area (Å²) in [5.41, 5.74) is 5.98. The molecule has 6 nitrogen and oxygen atoms in total. The third kappa shape index (κ3) is 5.75. The molecule has 0 fully saturated rings. The lowest BCUT2D eigenvalue weighted by Crippen LogP contribution is -2.32. The Labute approximate surface area is 232 Å². The second-order valence-corrected chi connectivity index (χ2v) is 10.4. The highest BCUT2D eigenvalue weighted by Gasteiger charge is 2.23. The van der Waals surface area contributed by atoms with E-state index >= 15 is 0 Å². The van der Waals surface area contributed by atoms with Gasteiger partial charge in [-0.15, -0.1) is 11.3 Å². The maximum absolute atomic E-state index is 14.2. The summed E-state index contributed by atoms with van der Waals surface area (Å²) < 4.78 is 1.72. The van der Waals surface area contributed by atoms with E-state index in [4.69, 9.17) is 16.6 Å². The van der Waals surface area contributed by atoms with Crippen LogP contribution in [0.25, 0.3) is 27.5 Å². The number of nitrogens with one attached hydrogen (secondary N) is 2. The zero-order valence-corrected chi connectivity index (χ0v) is 23.8. The van der Waals surface area contributed by atoms with Gasteiger partial charge in [-0.2, -0.15) is 0 Å². The van der Waals surface area contributed by atoms with E-state index in [9.17, 15) is 9.59 Å². The third-order valence-electron chi connectivity index (χ3n) is 6.64. The van der Waals surface area contributed by atoms with Gasteiger partial charge in [0.2, 0.25) is 0 Å². The fourth-order valence-electron chi connectivity index (χ4n) is 4.57. The number of hydrogen-bond donors (Lipinski definition) is 2. The van der Waals surface area contributed by atoms with Crippen molar-refractivity contribution in [3.8, 4) is 27.5 Å². The van der Waals surface area contributed by atoms with Crippen LogP contribution in [-0.2, 0) is 12.8 Å². The van der Waals surface area contributed by atoms with Gasteiger partial charge in [0, 0.05) is 28.2 Å². The number of thiazole rings is 1. The van der Waals surface area contributed by atoms with Crippen LogP contribution in [0.5, 0.6) is 0 Å². The number of rotatable bonds is 10. The van der Waals surface area contributed by atoms with E-state index in [2.05, 4.69) is 24.5 Å². The van der Waals surface area contributed by atoms with Crippen LogP contribution in [0.4, 0.5) is 0 Å². The molecule has 38 heavy (non-hydrogen) atoms. The van der Waals surface area contributed by atoms with Gasteiger partial charge < -0.3 is 10.6 Å². The number of aromatic nitrogens is 2. The second-order valence-electron chi connectivity index (χ2n) is 9.09. The molecular weight excluding hydrogens is 516 g/mol. The molecule has 4 rings (SSSR count). The maximum Gasteiger partial charge on any atom is 0.265 e. The molecular formula is C30H33ClN4O2S. The summed E-state index contributed by atoms with van der Waals surface area (Å²) in [5, 5.41) is 9.27. The van der Waals surface area contributed by atoms with Crippen molar-refractivity contribution >= 4 is 28.8 Å². The van der Waals surface area contributed by atoms with Crippen molar-refractivity contribution in [2.45, 2.75) is 40.0 Å². The van der Waals surface area contributed by atoms with E-state index in [0.717, 1.165) is 53.9 Å². The van der Waals surface area contributed by atoms with Crippen LogP contribution in [0.1, 0.15) is 47.4 Å². The normalized spacial score (nSPS) is 11.1. The number of hydrogen-bond acceptors (Lipinski definition) is 5. The molecule has 2 aromatic heterocycles. The minimum Gasteiger partial charge on any atom is -0.352 e. The van der Waals surface area contributed by atoms with Gasteiger partial charge in [0.1, 0.15) is 5.01 Å². The summed E-state index contributed by atoms with van der Waals surface area (Å²) in [7, 11) is 1.89. The monoisotopic (exact) mass is 548 g/mol. The highest BCUT2D eigenvalue weighted by molar-refractivity contribution is 7.13. The lowest BCUT2D eigenvalue weighted by molar-refractivity contribution is 0.0952. The number of aryl methyl sites for hydroxylation is 2. The Balaban J connectivity index is 1.91. The number of para-hydroxylation sites is 1. The molecule has 0 saturated carbocycles. The average Bonchev–Trinajstić information content (AvgIpc) is 3.41. The summed E-state index contributed by atoms with van der Waals surface area (Å²) in [6.07, 6.45) is 2.34. The molecule has 2 aromatic carbocycles. The van der Waals surface area contributed by atoms with Crippen LogP contribution in [0.2, 0.25) is 5.02 Å². The Kier molecular flexibility index (Phi) is 9.15. The van der Waals surface area contributed by atoms with Crippen molar-refractivity contribution in [2.24, 2.45) is 0 Å². The molecule has 0 aliphatic rings. The topological polar surface area (TPSA) is 76.0 Å². The zero-order chi connectivity index (χ0) is 27.2. The summed E-state index contributed by atoms with van der Waals surface area (Å²) in [6, 6.07) is 15.3. The van der Waals surface area contributed by atoms with E-state index in [0.29, 0.717) is 33.4 Å². The van der Waals surface area contributed by atoms with Crippen molar-refractivity contribution in [1.82, 2.24) is 20.2 Å². The fraction of sp³-hybridized carbons (Fsp3) is 0.300. The molecule has 4 aromatic rings. The van der Waals surface area contributed by atoms with Crippen molar-refractivity contribution in [3.05, 3.63) is 91.7 Å². The van der Waals surface area contributed by atoms with Gasteiger partial charge in [0.15, 0.2) is 0 Å². The van der Waals surface area contributed by atoms with Crippen molar-refractivity contribution in [3.63, 3.8) is 0 Å². The van der Waals surface area contributed by atoms with E-state index in [1.165, 1.54) is 11.3 Å². The molecule has 0 saturated heterocycles. The van der Waals surface area contributed by atoms with Crippen LogP contribution in [-0.4, -0.2) is 35.6 Å². The summed E-state index contributed by atoms with van der Waals surface area (Å²) >= 11 is 7.45. The minimum atomic E-state index is -0.199. The van der Waals surface area contributed by atoms with Crippen molar-refractivity contribution in [2.75, 3.05) is 20.1 Å². The molecule has 2 heterocycles. The largest absolute Gasteiger partial charge is 0.352 e. The first kappa shape index (κ1) is 27.8. The number of halogens is 1. The Morgan fingerprint density at radius 1 is 1.05 bits per heavy atom. The van der Waals surface area contributed by atoms with E-state index in [-0.39, 0.29) is 11.5 Å². The number of amides is 1. The Bertz CT molecular complexity index is 1470. The van der Waals surface area contributed by atoms with Gasteiger partial charge in [0.05, 0.1) is 22.5 Å². The second kappa shape index (κ2) is 12.5. The first-order valence-electron chi connectivity index (χ1n) is 12.9. The zero-order valence-electron chi connectivity index (χ0n) is 22.2. The van der Waals surface area contributed by atoms with Crippen LogP contribution in [0, 0.1) is 6.92 Å². The number of nitrogens with zero attached hydrogens (tertiary/aromatic N) is 2. The van der Waals surface area contributed by atoms with Crippen LogP contribution >= 0.6 is 22.9 Å².